The van der Waals surface area contributed by atoms with Crippen molar-refractivity contribution < 1.29 is 9.53 Å². The molecule has 1 aromatic heterocycles. The van der Waals surface area contributed by atoms with Gasteiger partial charge in [0.25, 0.3) is 0 Å². The monoisotopic (exact) mass is 431 g/mol. The fraction of sp³-hybridized carbons (Fsp3) is 0.200. The molecule has 0 amide bonds. The maximum Gasteiger partial charge on any atom is 0.338 e. The van der Waals surface area contributed by atoms with Gasteiger partial charge in [-0.05, 0) is 34.5 Å². The van der Waals surface area contributed by atoms with E-state index in [0.717, 1.165) is 29.4 Å². The molecule has 6 heteroatoms. The Kier molecular flexibility index (Phi) is 6.70. The third kappa shape index (κ3) is 4.81. The van der Waals surface area contributed by atoms with Crippen LogP contribution in [0, 0.1) is 0 Å². The summed E-state index contributed by atoms with van der Waals surface area (Å²) in [6.07, 6.45) is 2.82. The van der Waals surface area contributed by atoms with Gasteiger partial charge in [0.2, 0.25) is 0 Å². The number of aromatic nitrogens is 2. The van der Waals surface area contributed by atoms with E-state index in [0.29, 0.717) is 17.9 Å². The van der Waals surface area contributed by atoms with E-state index in [4.69, 9.17) is 15.5 Å². The van der Waals surface area contributed by atoms with Crippen molar-refractivity contribution >= 4 is 28.5 Å². The van der Waals surface area contributed by atoms with E-state index in [9.17, 15) is 4.79 Å². The fourth-order valence-electron chi connectivity index (χ4n) is 3.66. The first kappa shape index (κ1) is 21.2. The topological polar surface area (TPSA) is 70.1 Å². The van der Waals surface area contributed by atoms with Gasteiger partial charge in [0.1, 0.15) is 0 Å². The van der Waals surface area contributed by atoms with Crippen LogP contribution in [0.25, 0.3) is 10.8 Å². The summed E-state index contributed by atoms with van der Waals surface area (Å²) in [6, 6.07) is 22.3. The van der Waals surface area contributed by atoms with Crippen LogP contribution in [0.3, 0.4) is 0 Å². The molecule has 5 nitrogen and oxygen atoms in total. The zero-order valence-electron chi connectivity index (χ0n) is 17.5. The van der Waals surface area contributed by atoms with Gasteiger partial charge in [-0.3, -0.25) is 0 Å². The molecule has 158 valence electrons. The number of nitrogens with zero attached hydrogens (tertiary/aromatic N) is 2. The lowest BCUT2D eigenvalue weighted by Gasteiger charge is -2.11. The van der Waals surface area contributed by atoms with E-state index in [1.165, 1.54) is 23.4 Å². The Morgan fingerprint density at radius 3 is 2.61 bits per heavy atom. The van der Waals surface area contributed by atoms with Gasteiger partial charge in [0, 0.05) is 18.4 Å². The minimum absolute atomic E-state index is 0.320. The Bertz CT molecular complexity index is 1200. The molecule has 0 radical (unpaired) electrons. The largest absolute Gasteiger partial charge is 0.465 e. The summed E-state index contributed by atoms with van der Waals surface area (Å²) < 4.78 is 7.10. The summed E-state index contributed by atoms with van der Waals surface area (Å²) in [5.74, 6) is 0.305. The Balaban J connectivity index is 1.62. The average Bonchev–Trinajstić information content (AvgIpc) is 3.19. The molecule has 0 saturated heterocycles. The number of carbonyl (C=O) groups is 1. The van der Waals surface area contributed by atoms with Crippen LogP contribution in [-0.4, -0.2) is 29.2 Å². The van der Waals surface area contributed by atoms with Crippen LogP contribution in [0.15, 0.2) is 78.1 Å². The Labute approximate surface area is 186 Å². The highest BCUT2D eigenvalue weighted by atomic mass is 32.2. The zero-order valence-corrected chi connectivity index (χ0v) is 18.3. The van der Waals surface area contributed by atoms with E-state index in [1.54, 1.807) is 17.8 Å². The number of imidazole rings is 1. The zero-order chi connectivity index (χ0) is 21.6. The molecule has 0 saturated carbocycles. The minimum atomic E-state index is -0.320. The lowest BCUT2D eigenvalue weighted by atomic mass is 10.0. The number of nitrogens with two attached hydrogens (primary N) is 1. The van der Waals surface area contributed by atoms with Crippen LogP contribution in [0.4, 0.5) is 0 Å². The molecule has 0 aliphatic rings. The molecular weight excluding hydrogens is 406 g/mol. The normalized spacial score (nSPS) is 11.0. The molecule has 0 atom stereocenters. The molecule has 0 fully saturated rings. The molecule has 0 aliphatic heterocycles. The second kappa shape index (κ2) is 9.81. The van der Waals surface area contributed by atoms with Gasteiger partial charge in [-0.15, -0.1) is 0 Å². The van der Waals surface area contributed by atoms with Crippen LogP contribution in [0.2, 0.25) is 0 Å². The summed E-state index contributed by atoms with van der Waals surface area (Å²) in [5, 5.41) is 3.38. The standard InChI is InChI=1S/C25H25N3O2S/c1-30-24(29)23-12-5-3-8-20(23)17-31-25-27-21(13-14-26)16-28(25)15-19-10-6-9-18-7-2-4-11-22(18)19/h2-12,16H,13-15,17,26H2,1H3. The number of methoxy groups -OCH3 is 1. The number of carbonyl (C=O) groups excluding carboxylic acids is 1. The maximum atomic E-state index is 12.1. The second-order valence-electron chi connectivity index (χ2n) is 7.26. The number of benzene rings is 3. The van der Waals surface area contributed by atoms with Crippen molar-refractivity contribution in [2.45, 2.75) is 23.9 Å². The Morgan fingerprint density at radius 1 is 1.03 bits per heavy atom. The summed E-state index contributed by atoms with van der Waals surface area (Å²) in [7, 11) is 1.41. The first-order valence-corrected chi connectivity index (χ1v) is 11.2. The van der Waals surface area contributed by atoms with Crippen molar-refractivity contribution in [2.75, 3.05) is 13.7 Å². The van der Waals surface area contributed by atoms with Crippen LogP contribution < -0.4 is 5.73 Å². The molecule has 0 spiro atoms. The summed E-state index contributed by atoms with van der Waals surface area (Å²) in [6.45, 7) is 1.28. The van der Waals surface area contributed by atoms with Gasteiger partial charge in [-0.2, -0.15) is 0 Å². The van der Waals surface area contributed by atoms with Gasteiger partial charge in [0.15, 0.2) is 5.16 Å². The Morgan fingerprint density at radius 2 is 1.77 bits per heavy atom. The van der Waals surface area contributed by atoms with Gasteiger partial charge in [0.05, 0.1) is 24.9 Å². The van der Waals surface area contributed by atoms with E-state index in [1.807, 2.05) is 18.2 Å². The third-order valence-corrected chi connectivity index (χ3v) is 6.23. The molecule has 1 heterocycles. The molecular formula is C25H25N3O2S. The molecule has 0 unspecified atom stereocenters. The first-order chi connectivity index (χ1) is 15.2. The van der Waals surface area contributed by atoms with Gasteiger partial charge < -0.3 is 15.0 Å². The highest BCUT2D eigenvalue weighted by molar-refractivity contribution is 7.98. The van der Waals surface area contributed by atoms with E-state index < -0.39 is 0 Å². The van der Waals surface area contributed by atoms with Crippen LogP contribution in [-0.2, 0) is 23.5 Å². The third-order valence-electron chi connectivity index (χ3n) is 5.19. The first-order valence-electron chi connectivity index (χ1n) is 10.2. The smallest absolute Gasteiger partial charge is 0.338 e. The van der Waals surface area contributed by atoms with Crippen molar-refractivity contribution in [1.29, 1.82) is 0 Å². The SMILES string of the molecule is COC(=O)c1ccccc1CSc1nc(CCN)cn1Cc1cccc2ccccc12. The van der Waals surface area contributed by atoms with E-state index in [-0.39, 0.29) is 5.97 Å². The molecule has 4 aromatic rings. The number of hydrogen-bond donors (Lipinski definition) is 1. The molecule has 0 aliphatic carbocycles. The predicted molar refractivity (Wildman–Crippen MR) is 125 cm³/mol. The number of thioether (sulfide) groups is 1. The van der Waals surface area contributed by atoms with Crippen molar-refractivity contribution in [3.05, 3.63) is 95.3 Å². The van der Waals surface area contributed by atoms with Crippen LogP contribution in [0.5, 0.6) is 0 Å². The lowest BCUT2D eigenvalue weighted by Crippen LogP contribution is -2.05. The van der Waals surface area contributed by atoms with E-state index in [2.05, 4.69) is 53.2 Å². The Hall–Kier alpha value is -3.09. The summed E-state index contributed by atoms with van der Waals surface area (Å²) >= 11 is 1.62. The van der Waals surface area contributed by atoms with Gasteiger partial charge in [-0.1, -0.05) is 72.4 Å². The molecule has 31 heavy (non-hydrogen) atoms. The minimum Gasteiger partial charge on any atom is -0.465 e. The molecule has 2 N–H and O–H groups in total. The number of ether oxygens (including phenoxy) is 1. The number of hydrogen-bond acceptors (Lipinski definition) is 5. The fourth-order valence-corrected chi connectivity index (χ4v) is 4.66. The van der Waals surface area contributed by atoms with Gasteiger partial charge in [-0.25, -0.2) is 9.78 Å². The van der Waals surface area contributed by atoms with E-state index >= 15 is 0 Å². The van der Waals surface area contributed by atoms with Crippen molar-refractivity contribution in [2.24, 2.45) is 5.73 Å². The number of fused-ring (bicyclic) bond motifs is 1. The summed E-state index contributed by atoms with van der Waals surface area (Å²) in [5.41, 5.74) is 9.51. The van der Waals surface area contributed by atoms with Crippen molar-refractivity contribution in [3.63, 3.8) is 0 Å². The van der Waals surface area contributed by atoms with Crippen molar-refractivity contribution in [1.82, 2.24) is 9.55 Å². The van der Waals surface area contributed by atoms with Crippen molar-refractivity contribution in [3.8, 4) is 0 Å². The number of rotatable bonds is 8. The molecule has 4 rings (SSSR count). The predicted octanol–water partition coefficient (Wildman–Crippen LogP) is 4.66. The highest BCUT2D eigenvalue weighted by Crippen LogP contribution is 2.27. The van der Waals surface area contributed by atoms with Crippen LogP contribution in [0.1, 0.15) is 27.2 Å². The van der Waals surface area contributed by atoms with Gasteiger partial charge >= 0.3 is 5.97 Å². The van der Waals surface area contributed by atoms with Crippen LogP contribution >= 0.6 is 11.8 Å². The lowest BCUT2D eigenvalue weighted by molar-refractivity contribution is 0.0600. The molecule has 0 bridgehead atoms. The number of esters is 1. The quantitative estimate of drug-likeness (QED) is 0.324. The molecule has 3 aromatic carbocycles. The maximum absolute atomic E-state index is 12.1. The average molecular weight is 432 g/mol. The summed E-state index contributed by atoms with van der Waals surface area (Å²) in [4.78, 5) is 16.9. The second-order valence-corrected chi connectivity index (χ2v) is 8.20. The highest BCUT2D eigenvalue weighted by Gasteiger charge is 2.14.